The van der Waals surface area contributed by atoms with Gasteiger partial charge in [-0.3, -0.25) is 7.32 Å². The summed E-state index contributed by atoms with van der Waals surface area (Å²) in [7, 11) is -2.92. The Kier molecular flexibility index (Phi) is 28.0. The fraction of sp³-hybridized carbons (Fsp3) is 0.333. The standard InChI is InChI=1S/3C36H40N.BO3/c3*1-6-17-29(18-7-1)34-27-16-28-35(36(34)30-19-8-2-9-20-30)37(31-21-10-3-11-22-31,32-23-12-4-13-24-32)33-25-14-5-15-26-33;2-1(3)4/h3*3-5,10-16,21-30H,1-2,6-9,17-20H2;/q3*+1;-3. The van der Waals surface area contributed by atoms with Crippen LogP contribution in [-0.2, 0) is 0 Å². The predicted octanol–water partition coefficient (Wildman–Crippen LogP) is 29.3. The highest BCUT2D eigenvalue weighted by Crippen LogP contribution is 2.61. The molecule has 0 aliphatic heterocycles. The summed E-state index contributed by atoms with van der Waals surface area (Å²) in [6.45, 7) is 0. The Bertz CT molecular complexity index is 4080. The molecule has 0 heterocycles. The third-order valence-electron chi connectivity index (χ3n) is 26.9. The third-order valence-corrected chi connectivity index (χ3v) is 26.9. The van der Waals surface area contributed by atoms with Crippen LogP contribution in [0.1, 0.15) is 262 Å². The summed E-state index contributed by atoms with van der Waals surface area (Å²) < 4.78 is 1.90. The van der Waals surface area contributed by atoms with Gasteiger partial charge in [0.15, 0.2) is 17.1 Å². The van der Waals surface area contributed by atoms with E-state index in [2.05, 4.69) is 328 Å². The van der Waals surface area contributed by atoms with Crippen LogP contribution in [0.5, 0.6) is 0 Å². The van der Waals surface area contributed by atoms with Crippen molar-refractivity contribution in [3.05, 3.63) is 361 Å². The van der Waals surface area contributed by atoms with Gasteiger partial charge in [-0.15, -0.1) is 0 Å². The first kappa shape index (κ1) is 80.6. The highest BCUT2D eigenvalue weighted by molar-refractivity contribution is 6.24. The third kappa shape index (κ3) is 17.8. The van der Waals surface area contributed by atoms with E-state index in [0.29, 0.717) is 49.0 Å². The summed E-state index contributed by atoms with van der Waals surface area (Å²) in [5.41, 5.74) is 26.0. The summed E-state index contributed by atoms with van der Waals surface area (Å²) in [6.07, 6.45) is 40.6. The van der Waals surface area contributed by atoms with Gasteiger partial charge in [-0.05, 0) is 129 Å². The second-order valence-electron chi connectivity index (χ2n) is 33.7. The fourth-order valence-corrected chi connectivity index (χ4v) is 21.9. The lowest BCUT2D eigenvalue weighted by molar-refractivity contribution is -0.479. The predicted molar refractivity (Wildman–Crippen MR) is 480 cm³/mol. The second kappa shape index (κ2) is 39.9. The van der Waals surface area contributed by atoms with Crippen molar-refractivity contribution in [3.63, 3.8) is 0 Å². The van der Waals surface area contributed by atoms with Crippen molar-refractivity contribution in [2.45, 2.75) is 228 Å². The molecule has 0 unspecified atom stereocenters. The average Bonchev–Trinajstić information content (AvgIpc) is 0.731. The van der Waals surface area contributed by atoms with Gasteiger partial charge < -0.3 is 15.1 Å². The first-order valence-electron chi connectivity index (χ1n) is 44.4. The molecule has 12 aromatic carbocycles. The lowest BCUT2D eigenvalue weighted by Gasteiger charge is -2.41. The molecule has 6 aliphatic rings. The van der Waals surface area contributed by atoms with Crippen LogP contribution in [0.15, 0.2) is 328 Å². The van der Waals surface area contributed by atoms with Crippen LogP contribution in [0.2, 0.25) is 0 Å². The zero-order chi connectivity index (χ0) is 78.3. The van der Waals surface area contributed by atoms with E-state index in [1.807, 2.05) is 0 Å². The van der Waals surface area contributed by atoms with Crippen LogP contribution in [0, 0.1) is 0 Å². The molecule has 6 fully saturated rings. The fourth-order valence-electron chi connectivity index (χ4n) is 21.9. The molecule has 0 saturated heterocycles. The van der Waals surface area contributed by atoms with Crippen molar-refractivity contribution in [3.8, 4) is 0 Å². The van der Waals surface area contributed by atoms with Gasteiger partial charge in [-0.2, -0.15) is 13.4 Å². The molecule has 0 spiro atoms. The molecule has 0 N–H and O–H groups in total. The summed E-state index contributed by atoms with van der Waals surface area (Å²) in [4.78, 5) is 0. The smallest absolute Gasteiger partial charge is 0.151 e. The van der Waals surface area contributed by atoms with Gasteiger partial charge in [0.25, 0.3) is 0 Å². The SMILES string of the molecule is [O-]B([O-])[O-].c1ccc([N+](c2ccccc2)(c2ccccc2)c2cccc(C3CCCCC3)c2C2CCCCC2)cc1.c1ccc([N+](c2ccccc2)(c2ccccc2)c2cccc(C3CCCCC3)c2C2CCCCC2)cc1.c1ccc([N+](c2ccccc2)(c2ccccc2)c2cccc(C3CCCCC3)c2C2CCCCC2)cc1. The number of para-hydroxylation sites is 9. The molecule has 588 valence electrons. The highest BCUT2D eigenvalue weighted by Gasteiger charge is 2.48. The molecule has 6 nitrogen and oxygen atoms in total. The maximum Gasteiger partial charge on any atom is 0.151 e. The number of benzene rings is 12. The van der Waals surface area contributed by atoms with Crippen LogP contribution in [0.3, 0.4) is 0 Å². The van der Waals surface area contributed by atoms with Gasteiger partial charge in [0.05, 0.1) is 0 Å². The van der Waals surface area contributed by atoms with Gasteiger partial charge >= 0.3 is 0 Å². The number of rotatable bonds is 18. The van der Waals surface area contributed by atoms with Crippen LogP contribution in [0.4, 0.5) is 68.2 Å². The summed E-state index contributed by atoms with van der Waals surface area (Å²) in [5, 5.41) is 25.2. The highest BCUT2D eigenvalue weighted by atomic mass is 16.5. The Labute approximate surface area is 688 Å². The molecule has 0 amide bonds. The first-order chi connectivity index (χ1) is 56.9. The largest absolute Gasteiger partial charge is 0.907 e. The molecule has 12 aromatic rings. The molecular formula is C108H120BN3O3. The van der Waals surface area contributed by atoms with E-state index in [0.717, 1.165) is 0 Å². The molecular weight excluding hydrogens is 1400 g/mol. The van der Waals surface area contributed by atoms with Crippen LogP contribution in [-0.4, -0.2) is 7.32 Å². The van der Waals surface area contributed by atoms with E-state index >= 15 is 0 Å². The summed E-state index contributed by atoms with van der Waals surface area (Å²) >= 11 is 0. The van der Waals surface area contributed by atoms with Crippen LogP contribution >= 0.6 is 0 Å². The zero-order valence-corrected chi connectivity index (χ0v) is 68.0. The van der Waals surface area contributed by atoms with E-state index in [9.17, 15) is 0 Å². The molecule has 115 heavy (non-hydrogen) atoms. The number of nitrogens with zero attached hydrogens (tertiary/aromatic N) is 3. The molecule has 0 radical (unpaired) electrons. The van der Waals surface area contributed by atoms with Gasteiger partial charge in [0.2, 0.25) is 0 Å². The Morgan fingerprint density at radius 3 is 0.452 bits per heavy atom. The Morgan fingerprint density at radius 1 is 0.165 bits per heavy atom. The van der Waals surface area contributed by atoms with Crippen molar-refractivity contribution >= 4 is 75.6 Å². The van der Waals surface area contributed by atoms with Crippen molar-refractivity contribution in [1.29, 1.82) is 0 Å². The molecule has 0 bridgehead atoms. The minimum absolute atomic E-state index is 0.634. The zero-order valence-electron chi connectivity index (χ0n) is 68.0. The topological polar surface area (TPSA) is 69.2 Å². The van der Waals surface area contributed by atoms with Gasteiger partial charge in [0.1, 0.15) is 51.2 Å². The van der Waals surface area contributed by atoms with E-state index in [-0.39, 0.29) is 0 Å². The minimum atomic E-state index is -2.92. The average molecular weight is 1520 g/mol. The molecule has 6 saturated carbocycles. The van der Waals surface area contributed by atoms with Crippen molar-refractivity contribution in [1.82, 2.24) is 13.4 Å². The number of hydrogen-bond donors (Lipinski definition) is 0. The van der Waals surface area contributed by atoms with Gasteiger partial charge in [-0.1, -0.05) is 316 Å². The van der Waals surface area contributed by atoms with Crippen molar-refractivity contribution in [2.24, 2.45) is 0 Å². The van der Waals surface area contributed by atoms with Gasteiger partial charge in [-0.25, -0.2) is 0 Å². The van der Waals surface area contributed by atoms with Gasteiger partial charge in [0, 0.05) is 144 Å². The van der Waals surface area contributed by atoms with E-state index in [4.69, 9.17) is 15.1 Å². The minimum Gasteiger partial charge on any atom is -0.907 e. The molecule has 7 heteroatoms. The normalized spacial score (nSPS) is 17.1. The Morgan fingerprint density at radius 2 is 0.304 bits per heavy atom. The molecule has 0 aromatic heterocycles. The Balaban J connectivity index is 0.000000132. The van der Waals surface area contributed by atoms with Crippen molar-refractivity contribution < 1.29 is 15.1 Å². The van der Waals surface area contributed by atoms with Crippen LogP contribution < -0.4 is 28.5 Å². The molecule has 6 aliphatic carbocycles. The Hall–Kier alpha value is -9.54. The quantitative estimate of drug-likeness (QED) is 0.0635. The lowest BCUT2D eigenvalue weighted by Crippen LogP contribution is -2.56. The summed E-state index contributed by atoms with van der Waals surface area (Å²) in [6, 6.07) is 123. The van der Waals surface area contributed by atoms with E-state index < -0.39 is 7.32 Å². The second-order valence-corrected chi connectivity index (χ2v) is 33.7. The number of quaternary nitrogens is 3. The van der Waals surface area contributed by atoms with E-state index in [1.54, 1.807) is 33.4 Å². The van der Waals surface area contributed by atoms with Crippen molar-refractivity contribution in [2.75, 3.05) is 0 Å². The maximum absolute atomic E-state index is 8.42. The summed E-state index contributed by atoms with van der Waals surface area (Å²) in [5.74, 6) is 3.97. The van der Waals surface area contributed by atoms with Crippen LogP contribution in [0.25, 0.3) is 0 Å². The molecule has 0 atom stereocenters. The first-order valence-corrected chi connectivity index (χ1v) is 44.4. The number of hydrogen-bond acceptors (Lipinski definition) is 3. The lowest BCUT2D eigenvalue weighted by atomic mass is 9.74. The molecule has 18 rings (SSSR count). The van der Waals surface area contributed by atoms with E-state index in [1.165, 1.54) is 261 Å². The maximum atomic E-state index is 8.42. The monoisotopic (exact) mass is 1520 g/mol.